The number of aryl methyl sites for hydroxylation is 12. The Balaban J connectivity index is 0.000000132. The second-order valence-electron chi connectivity index (χ2n) is 35.0. The molecular formula is C105H102Cl3N15O9S6. The third kappa shape index (κ3) is 18.7. The number of hydrogen-bond acceptors (Lipinski definition) is 18. The number of halogens is 3. The van der Waals surface area contributed by atoms with E-state index >= 15 is 0 Å². The predicted octanol–water partition coefficient (Wildman–Crippen LogP) is 25.2. The number of fused-ring (bicyclic) bond motifs is 24. The molecule has 9 aromatic carbocycles. The molecule has 21 rings (SSSR count). The highest BCUT2D eigenvalue weighted by Crippen LogP contribution is 2.49. The van der Waals surface area contributed by atoms with Crippen LogP contribution in [0.5, 0.6) is 17.2 Å². The molecule has 0 radical (unpaired) electrons. The van der Waals surface area contributed by atoms with Gasteiger partial charge in [-0.2, -0.15) is 30.6 Å². The van der Waals surface area contributed by atoms with Gasteiger partial charge < -0.3 is 43.2 Å². The van der Waals surface area contributed by atoms with Gasteiger partial charge >= 0.3 is 17.9 Å². The Morgan fingerprint density at radius 1 is 0.326 bits per heavy atom. The van der Waals surface area contributed by atoms with E-state index in [1.54, 1.807) is 70.6 Å². The molecule has 0 fully saturated rings. The summed E-state index contributed by atoms with van der Waals surface area (Å²) in [6, 6.07) is 55.7. The first kappa shape index (κ1) is 95.3. The van der Waals surface area contributed by atoms with E-state index in [1.165, 1.54) is 0 Å². The van der Waals surface area contributed by atoms with E-state index in [0.29, 0.717) is 108 Å². The predicted molar refractivity (Wildman–Crippen MR) is 562 cm³/mol. The number of rotatable bonds is 3. The zero-order chi connectivity index (χ0) is 96.3. The van der Waals surface area contributed by atoms with Crippen molar-refractivity contribution in [2.75, 3.05) is 19.8 Å². The summed E-state index contributed by atoms with van der Waals surface area (Å²) < 4.78 is 36.6. The Kier molecular flexibility index (Phi) is 27.9. The van der Waals surface area contributed by atoms with Crippen molar-refractivity contribution in [3.8, 4) is 50.6 Å². The number of carboxylic acid groups (broad SMARTS) is 3. The van der Waals surface area contributed by atoms with Crippen LogP contribution in [0, 0.1) is 41.5 Å². The van der Waals surface area contributed by atoms with Crippen molar-refractivity contribution in [1.29, 1.82) is 0 Å². The minimum absolute atomic E-state index is 0.271. The second-order valence-corrected chi connectivity index (χ2v) is 42.3. The zero-order valence-electron chi connectivity index (χ0n) is 78.4. The molecule has 3 N–H and O–H groups in total. The molecule has 3 aliphatic heterocycles. The fourth-order valence-corrected chi connectivity index (χ4v) is 25.8. The van der Waals surface area contributed by atoms with E-state index in [9.17, 15) is 29.7 Å². The molecular weight excluding hydrogens is 1910 g/mol. The lowest BCUT2D eigenvalue weighted by molar-refractivity contribution is 0.0673. The number of nitrogens with zero attached hydrogens (tertiary/aromatic N) is 15. The van der Waals surface area contributed by atoms with Gasteiger partial charge in [0.05, 0.1) is 54.0 Å². The molecule has 9 aromatic heterocycles. The summed E-state index contributed by atoms with van der Waals surface area (Å²) in [5, 5.41) is 71.2. The number of aromatic carboxylic acids is 3. The molecule has 0 amide bonds. The van der Waals surface area contributed by atoms with Crippen molar-refractivity contribution in [1.82, 2.24) is 72.4 Å². The third-order valence-corrected chi connectivity index (χ3v) is 33.2. The van der Waals surface area contributed by atoms with Gasteiger partial charge in [0, 0.05) is 260 Å². The number of carbonyl (C=O) groups is 3. The van der Waals surface area contributed by atoms with E-state index in [-0.39, 0.29) is 17.1 Å². The molecule has 138 heavy (non-hydrogen) atoms. The lowest BCUT2D eigenvalue weighted by atomic mass is 9.97. The van der Waals surface area contributed by atoms with E-state index in [1.807, 2.05) is 198 Å². The molecule has 0 spiro atoms. The molecule has 0 unspecified atom stereocenters. The van der Waals surface area contributed by atoms with Crippen LogP contribution in [0.2, 0.25) is 15.1 Å². The van der Waals surface area contributed by atoms with Crippen molar-refractivity contribution in [3.63, 3.8) is 0 Å². The summed E-state index contributed by atoms with van der Waals surface area (Å²) in [5.74, 6) is 6.13. The smallest absolute Gasteiger partial charge is 0.352 e. The van der Waals surface area contributed by atoms with Crippen molar-refractivity contribution in [3.05, 3.63) is 281 Å². The fourth-order valence-electron chi connectivity index (χ4n) is 19.5. The molecule has 12 heterocycles. The lowest BCUT2D eigenvalue weighted by Gasteiger charge is -2.14. The van der Waals surface area contributed by atoms with Crippen LogP contribution in [0.3, 0.4) is 0 Å². The molecule has 0 saturated carbocycles. The van der Waals surface area contributed by atoms with Crippen LogP contribution >= 0.6 is 105 Å². The average molecular weight is 2020 g/mol. The lowest BCUT2D eigenvalue weighted by Crippen LogP contribution is -2.12. The normalized spacial score (nSPS) is 14.3. The summed E-state index contributed by atoms with van der Waals surface area (Å²) >= 11 is 31.5. The highest BCUT2D eigenvalue weighted by atomic mass is 35.5. The number of hydrogen-bond donors (Lipinski definition) is 3. The summed E-state index contributed by atoms with van der Waals surface area (Å²) in [5.41, 5.74) is 23.0. The first-order valence-electron chi connectivity index (χ1n) is 45.5. The Morgan fingerprint density at radius 3 is 0.877 bits per heavy atom. The number of ether oxygens (including phenoxy) is 3. The molecule has 0 aliphatic carbocycles. The molecule has 18 aromatic rings. The van der Waals surface area contributed by atoms with Gasteiger partial charge in [0.15, 0.2) is 0 Å². The van der Waals surface area contributed by atoms with Crippen LogP contribution in [0.15, 0.2) is 178 Å². The van der Waals surface area contributed by atoms with Crippen molar-refractivity contribution in [2.24, 2.45) is 42.3 Å². The highest BCUT2D eigenvalue weighted by molar-refractivity contribution is 7.99. The molecule has 3 aliphatic rings. The van der Waals surface area contributed by atoms with Crippen LogP contribution < -0.4 is 14.2 Å². The van der Waals surface area contributed by atoms with E-state index in [0.717, 1.165) is 233 Å². The summed E-state index contributed by atoms with van der Waals surface area (Å²) in [7, 11) is 11.8. The fraction of sp³-hybridized carbons (Fsp3) is 0.286. The molecule has 0 atom stereocenters. The van der Waals surface area contributed by atoms with Crippen LogP contribution in [0.25, 0.3) is 98.4 Å². The molecule has 33 heteroatoms. The minimum Gasteiger partial charge on any atom is -0.493 e. The Morgan fingerprint density at radius 2 is 0.601 bits per heavy atom. The van der Waals surface area contributed by atoms with Gasteiger partial charge in [0.1, 0.15) is 34.3 Å². The largest absolute Gasteiger partial charge is 0.493 e. The number of thioether (sulfide) groups is 6. The maximum Gasteiger partial charge on any atom is 0.352 e. The third-order valence-electron chi connectivity index (χ3n) is 26.3. The van der Waals surface area contributed by atoms with Crippen LogP contribution in [-0.2, 0) is 114 Å². The second kappa shape index (κ2) is 40.3. The quantitative estimate of drug-likeness (QED) is 0.148. The summed E-state index contributed by atoms with van der Waals surface area (Å²) in [4.78, 5) is 41.5. The molecule has 24 bridgehead atoms. The van der Waals surface area contributed by atoms with Gasteiger partial charge in [-0.3, -0.25) is 28.1 Å². The number of benzene rings is 9. The minimum atomic E-state index is -0.963. The summed E-state index contributed by atoms with van der Waals surface area (Å²) in [6.45, 7) is 14.5. The standard InChI is InChI=1S/3C35H34ClN5O3S2/c3*1-20-31-29-11-10-27(36)33(31)32-21(2)39(3)38-28(32)19-45-17-23-15-24(40(4)37-23)18-46-25-14-22-8-5-6-9-26(22)30(16-25)44-13-7-12-41(29)34(20)35(42)43/h3*5-6,8-11,14-16H,7,12-13,17-19H2,1-4H3,(H,42,43). The molecule has 708 valence electrons. The van der Waals surface area contributed by atoms with Crippen LogP contribution in [0.4, 0.5) is 0 Å². The molecule has 24 nitrogen and oxygen atoms in total. The van der Waals surface area contributed by atoms with Crippen molar-refractivity contribution >= 4 is 188 Å². The van der Waals surface area contributed by atoms with Gasteiger partial charge in [0.2, 0.25) is 0 Å². The van der Waals surface area contributed by atoms with E-state index in [2.05, 4.69) is 91.0 Å². The van der Waals surface area contributed by atoms with Crippen LogP contribution in [-0.4, -0.2) is 125 Å². The van der Waals surface area contributed by atoms with Gasteiger partial charge in [-0.1, -0.05) is 108 Å². The zero-order valence-corrected chi connectivity index (χ0v) is 85.6. The topological polar surface area (TPSA) is 261 Å². The number of aromatic nitrogens is 15. The SMILES string of the molecule is Cc1c(C(=O)O)n2c3ccc(Cl)c(c13)-c1c(nn(C)c1C)CSCc1cc(n(C)n1)CSc1cc(c3ccccc3c1)OCCC2.Cc1c(C(=O)O)n2c3ccc(Cl)c(c13)-c1c(nn(C)c1C)CSCc1cc(n(C)n1)CSc1cc(c3ccccc3c1)OCCC2.Cc1c(C(=O)O)n2c3ccc(Cl)c(c13)-c1c(nn(C)c1C)CSCc1cc(n(C)n1)CSc1cc(c3ccccc3c1)OCCC2. The van der Waals surface area contributed by atoms with Crippen molar-refractivity contribution in [2.45, 2.75) is 147 Å². The van der Waals surface area contributed by atoms with Gasteiger partial charge in [-0.15, -0.1) is 70.6 Å². The van der Waals surface area contributed by atoms with Crippen LogP contribution in [0.1, 0.15) is 136 Å². The Bertz CT molecular complexity index is 7170. The maximum atomic E-state index is 12.7. The van der Waals surface area contributed by atoms with Gasteiger partial charge in [-0.25, -0.2) is 14.4 Å². The number of carboxylic acids is 3. The Hall–Kier alpha value is -11.6. The Labute approximate surface area is 838 Å². The maximum absolute atomic E-state index is 12.7. The van der Waals surface area contributed by atoms with Gasteiger partial charge in [0.25, 0.3) is 0 Å². The van der Waals surface area contributed by atoms with E-state index in [4.69, 9.17) is 79.6 Å². The first-order chi connectivity index (χ1) is 66.6. The van der Waals surface area contributed by atoms with E-state index < -0.39 is 17.9 Å². The van der Waals surface area contributed by atoms with Crippen molar-refractivity contribution < 1.29 is 43.9 Å². The average Bonchev–Trinajstić information content (AvgIpc) is 1.58. The summed E-state index contributed by atoms with van der Waals surface area (Å²) in [6.07, 6.45) is 1.87. The first-order valence-corrected chi connectivity index (χ1v) is 53.0. The van der Waals surface area contributed by atoms with Gasteiger partial charge in [-0.05, 0) is 185 Å². The molecule has 0 saturated heterocycles. The monoisotopic (exact) mass is 2010 g/mol. The highest BCUT2D eigenvalue weighted by Gasteiger charge is 2.33.